The minimum atomic E-state index is -0.230. The van der Waals surface area contributed by atoms with Crippen LogP contribution >= 0.6 is 0 Å². The van der Waals surface area contributed by atoms with E-state index in [4.69, 9.17) is 0 Å². The van der Waals surface area contributed by atoms with Crippen LogP contribution in [0.2, 0.25) is 0 Å². The number of hydrogen-bond donors (Lipinski definition) is 2. The van der Waals surface area contributed by atoms with E-state index < -0.39 is 0 Å². The van der Waals surface area contributed by atoms with Crippen molar-refractivity contribution in [3.05, 3.63) is 83.4 Å². The molecule has 0 bridgehead atoms. The number of imide groups is 1. The third-order valence-electron chi connectivity index (χ3n) is 5.32. The Balaban J connectivity index is 1.50. The SMILES string of the molecule is CC(CCCN1C(=O)c2ccccc2C1=O)(c1ccc[nH]1)c1ccc[nH]1. The van der Waals surface area contributed by atoms with Crippen LogP contribution in [0.4, 0.5) is 0 Å². The minimum Gasteiger partial charge on any atom is -0.364 e. The van der Waals surface area contributed by atoms with Gasteiger partial charge in [0.1, 0.15) is 0 Å². The van der Waals surface area contributed by atoms with Crippen LogP contribution in [0, 0.1) is 0 Å². The molecule has 5 nitrogen and oxygen atoms in total. The molecule has 26 heavy (non-hydrogen) atoms. The van der Waals surface area contributed by atoms with E-state index in [2.05, 4.69) is 29.0 Å². The fraction of sp³-hybridized carbons (Fsp3) is 0.238. The number of H-pyrrole nitrogens is 2. The fourth-order valence-corrected chi connectivity index (χ4v) is 3.79. The van der Waals surface area contributed by atoms with E-state index in [0.29, 0.717) is 17.7 Å². The van der Waals surface area contributed by atoms with E-state index in [0.717, 1.165) is 24.2 Å². The molecule has 0 spiro atoms. The van der Waals surface area contributed by atoms with E-state index in [1.165, 1.54) is 4.90 Å². The van der Waals surface area contributed by atoms with E-state index in [-0.39, 0.29) is 17.2 Å². The molecule has 1 aliphatic rings. The quantitative estimate of drug-likeness (QED) is 0.667. The number of carbonyl (C=O) groups is 2. The van der Waals surface area contributed by atoms with Gasteiger partial charge in [0, 0.05) is 35.7 Å². The highest BCUT2D eigenvalue weighted by molar-refractivity contribution is 6.21. The van der Waals surface area contributed by atoms with E-state index >= 15 is 0 Å². The predicted octanol–water partition coefficient (Wildman–Crippen LogP) is 3.73. The second kappa shape index (κ2) is 6.33. The lowest BCUT2D eigenvalue weighted by Crippen LogP contribution is -2.32. The van der Waals surface area contributed by atoms with Gasteiger partial charge in [0.25, 0.3) is 11.8 Å². The first kappa shape index (κ1) is 16.4. The third-order valence-corrected chi connectivity index (χ3v) is 5.32. The summed E-state index contributed by atoms with van der Waals surface area (Å²) >= 11 is 0. The van der Waals surface area contributed by atoms with Gasteiger partial charge in [-0.2, -0.15) is 0 Å². The molecule has 2 amide bonds. The topological polar surface area (TPSA) is 69.0 Å². The number of rotatable bonds is 6. The summed E-state index contributed by atoms with van der Waals surface area (Å²) in [5.74, 6) is -0.376. The van der Waals surface area contributed by atoms with Crippen LogP contribution < -0.4 is 0 Å². The zero-order chi connectivity index (χ0) is 18.1. The first-order valence-corrected chi connectivity index (χ1v) is 8.84. The van der Waals surface area contributed by atoms with Gasteiger partial charge < -0.3 is 9.97 Å². The van der Waals surface area contributed by atoms with Crippen LogP contribution in [0.25, 0.3) is 0 Å². The van der Waals surface area contributed by atoms with Crippen molar-refractivity contribution in [2.75, 3.05) is 6.54 Å². The summed E-state index contributed by atoms with van der Waals surface area (Å²) in [6, 6.07) is 15.1. The normalized spacial score (nSPS) is 14.1. The highest BCUT2D eigenvalue weighted by atomic mass is 16.2. The van der Waals surface area contributed by atoms with E-state index in [9.17, 15) is 9.59 Å². The van der Waals surface area contributed by atoms with Crippen molar-refractivity contribution in [2.45, 2.75) is 25.2 Å². The lowest BCUT2D eigenvalue weighted by Gasteiger charge is -2.29. The van der Waals surface area contributed by atoms with Crippen molar-refractivity contribution >= 4 is 11.8 Å². The van der Waals surface area contributed by atoms with Crippen LogP contribution in [0.5, 0.6) is 0 Å². The number of amides is 2. The Kier molecular flexibility index (Phi) is 3.99. The van der Waals surface area contributed by atoms with Crippen molar-refractivity contribution < 1.29 is 9.59 Å². The molecule has 0 saturated carbocycles. The zero-order valence-corrected chi connectivity index (χ0v) is 14.7. The molecule has 0 saturated heterocycles. The smallest absolute Gasteiger partial charge is 0.261 e. The van der Waals surface area contributed by atoms with Gasteiger partial charge in [-0.05, 0) is 56.2 Å². The van der Waals surface area contributed by atoms with Gasteiger partial charge in [-0.3, -0.25) is 14.5 Å². The summed E-state index contributed by atoms with van der Waals surface area (Å²) in [5, 5.41) is 0. The van der Waals surface area contributed by atoms with E-state index in [1.807, 2.05) is 24.5 Å². The molecule has 2 aromatic heterocycles. The molecule has 0 radical (unpaired) electrons. The molecule has 0 unspecified atom stereocenters. The number of fused-ring (bicyclic) bond motifs is 1. The maximum atomic E-state index is 12.5. The first-order valence-electron chi connectivity index (χ1n) is 8.84. The maximum Gasteiger partial charge on any atom is 0.261 e. The highest BCUT2D eigenvalue weighted by Gasteiger charge is 2.36. The van der Waals surface area contributed by atoms with Gasteiger partial charge in [0.15, 0.2) is 0 Å². The Morgan fingerprint density at radius 1 is 0.846 bits per heavy atom. The third kappa shape index (κ3) is 2.56. The second-order valence-corrected chi connectivity index (χ2v) is 6.91. The van der Waals surface area contributed by atoms with Gasteiger partial charge in [0.2, 0.25) is 0 Å². The molecule has 132 valence electrons. The van der Waals surface area contributed by atoms with Gasteiger partial charge in [0.05, 0.1) is 11.1 Å². The molecule has 1 aliphatic heterocycles. The lowest BCUT2D eigenvalue weighted by atomic mass is 9.79. The fourth-order valence-electron chi connectivity index (χ4n) is 3.79. The van der Waals surface area contributed by atoms with Crippen LogP contribution in [-0.2, 0) is 5.41 Å². The number of nitrogens with one attached hydrogen (secondary N) is 2. The standard InChI is InChI=1S/C21H21N3O2/c1-21(17-9-4-12-22-17,18-10-5-13-23-18)11-6-14-24-19(25)15-7-2-3-8-16(15)20(24)26/h2-5,7-10,12-13,22-23H,6,11,14H2,1H3. The largest absolute Gasteiger partial charge is 0.364 e. The minimum absolute atomic E-state index is 0.188. The Bertz CT molecular complexity index is 857. The molecule has 5 heteroatoms. The van der Waals surface area contributed by atoms with Gasteiger partial charge in [-0.1, -0.05) is 12.1 Å². The first-order chi connectivity index (χ1) is 12.6. The molecule has 4 rings (SSSR count). The average Bonchev–Trinajstić information content (AvgIpc) is 3.41. The number of aromatic amines is 2. The number of nitrogens with zero attached hydrogens (tertiary/aromatic N) is 1. The summed E-state index contributed by atoms with van der Waals surface area (Å²) in [7, 11) is 0. The lowest BCUT2D eigenvalue weighted by molar-refractivity contribution is 0.0649. The summed E-state index contributed by atoms with van der Waals surface area (Å²) in [6.45, 7) is 2.59. The van der Waals surface area contributed by atoms with Crippen molar-refractivity contribution in [3.8, 4) is 0 Å². The average molecular weight is 347 g/mol. The van der Waals surface area contributed by atoms with Crippen molar-refractivity contribution in [1.29, 1.82) is 0 Å². The maximum absolute atomic E-state index is 12.5. The molecule has 1 aromatic carbocycles. The van der Waals surface area contributed by atoms with Crippen molar-refractivity contribution in [3.63, 3.8) is 0 Å². The number of benzene rings is 1. The second-order valence-electron chi connectivity index (χ2n) is 6.91. The number of hydrogen-bond acceptors (Lipinski definition) is 2. The van der Waals surface area contributed by atoms with Gasteiger partial charge in [-0.15, -0.1) is 0 Å². The van der Waals surface area contributed by atoms with Crippen molar-refractivity contribution in [1.82, 2.24) is 14.9 Å². The Morgan fingerprint density at radius 2 is 1.38 bits per heavy atom. The molecule has 3 aromatic rings. The molecule has 3 heterocycles. The van der Waals surface area contributed by atoms with E-state index in [1.54, 1.807) is 24.3 Å². The number of aromatic nitrogens is 2. The zero-order valence-electron chi connectivity index (χ0n) is 14.7. The van der Waals surface area contributed by atoms with Gasteiger partial charge >= 0.3 is 0 Å². The monoisotopic (exact) mass is 347 g/mol. The number of carbonyl (C=O) groups excluding carboxylic acids is 2. The van der Waals surface area contributed by atoms with Crippen LogP contribution in [0.1, 0.15) is 51.9 Å². The van der Waals surface area contributed by atoms with Gasteiger partial charge in [-0.25, -0.2) is 0 Å². The van der Waals surface area contributed by atoms with Crippen LogP contribution in [-0.4, -0.2) is 33.2 Å². The Hall–Kier alpha value is -3.08. The molecular weight excluding hydrogens is 326 g/mol. The summed E-state index contributed by atoms with van der Waals surface area (Å²) in [6.07, 6.45) is 5.36. The highest BCUT2D eigenvalue weighted by Crippen LogP contribution is 2.35. The molecule has 2 N–H and O–H groups in total. The summed E-state index contributed by atoms with van der Waals surface area (Å²) in [4.78, 5) is 33.0. The summed E-state index contributed by atoms with van der Waals surface area (Å²) < 4.78 is 0. The van der Waals surface area contributed by atoms with Crippen LogP contribution in [0.3, 0.4) is 0 Å². The summed E-state index contributed by atoms with van der Waals surface area (Å²) in [5.41, 5.74) is 3.01. The Morgan fingerprint density at radius 3 is 1.85 bits per heavy atom. The Labute approximate surface area is 152 Å². The molecule has 0 aliphatic carbocycles. The molecular formula is C21H21N3O2. The van der Waals surface area contributed by atoms with Crippen molar-refractivity contribution in [2.24, 2.45) is 0 Å². The molecule has 0 atom stereocenters. The molecule has 0 fully saturated rings. The predicted molar refractivity (Wildman–Crippen MR) is 99.1 cm³/mol. The van der Waals surface area contributed by atoms with Crippen LogP contribution in [0.15, 0.2) is 60.9 Å².